The minimum atomic E-state index is -0.350. The molecule has 0 bridgehead atoms. The fourth-order valence-corrected chi connectivity index (χ4v) is 2.46. The summed E-state index contributed by atoms with van der Waals surface area (Å²) in [5.41, 5.74) is 2.95. The Hall–Kier alpha value is -2.89. The maximum atomic E-state index is 12.9. The van der Waals surface area contributed by atoms with Crippen LogP contribution in [0.15, 0.2) is 42.5 Å². The zero-order chi connectivity index (χ0) is 17.8. The molecule has 2 aromatic carbocycles. The molecule has 0 aromatic heterocycles. The third-order valence-corrected chi connectivity index (χ3v) is 4.11. The Bertz CT molecular complexity index is 786. The van der Waals surface area contributed by atoms with Crippen LogP contribution in [0.2, 0.25) is 0 Å². The highest BCUT2D eigenvalue weighted by atomic mass is 19.1. The van der Waals surface area contributed by atoms with E-state index in [1.165, 1.54) is 24.3 Å². The number of rotatable bonds is 6. The molecule has 25 heavy (non-hydrogen) atoms. The SMILES string of the molecule is Cc1c(NCC(=O)Nc2ccc(F)cc2)cccc1NC(=O)C1CC1. The van der Waals surface area contributed by atoms with Crippen LogP contribution in [0.3, 0.4) is 0 Å². The quantitative estimate of drug-likeness (QED) is 0.753. The van der Waals surface area contributed by atoms with Gasteiger partial charge in [-0.1, -0.05) is 6.07 Å². The van der Waals surface area contributed by atoms with Crippen LogP contribution in [0.25, 0.3) is 0 Å². The summed E-state index contributed by atoms with van der Waals surface area (Å²) >= 11 is 0. The summed E-state index contributed by atoms with van der Waals surface area (Å²) in [6.45, 7) is 1.96. The standard InChI is InChI=1S/C19H20FN3O2/c1-12-16(3-2-4-17(12)23-19(25)13-5-6-13)21-11-18(24)22-15-9-7-14(20)8-10-15/h2-4,7-10,13,21H,5-6,11H2,1H3,(H,22,24)(H,23,25). The molecule has 0 aliphatic heterocycles. The van der Waals surface area contributed by atoms with Gasteiger partial charge in [0.05, 0.1) is 6.54 Å². The highest BCUT2D eigenvalue weighted by Gasteiger charge is 2.29. The van der Waals surface area contributed by atoms with E-state index in [0.717, 1.165) is 29.8 Å². The lowest BCUT2D eigenvalue weighted by atomic mass is 10.1. The third-order valence-electron chi connectivity index (χ3n) is 4.11. The molecule has 0 saturated heterocycles. The lowest BCUT2D eigenvalue weighted by molar-refractivity contribution is -0.117. The van der Waals surface area contributed by atoms with Crippen LogP contribution >= 0.6 is 0 Å². The predicted molar refractivity (Wildman–Crippen MR) is 96.1 cm³/mol. The Labute approximate surface area is 145 Å². The molecule has 1 aliphatic rings. The Kier molecular flexibility index (Phi) is 4.97. The number of benzene rings is 2. The molecule has 0 atom stereocenters. The van der Waals surface area contributed by atoms with Gasteiger partial charge in [-0.15, -0.1) is 0 Å². The van der Waals surface area contributed by atoms with Crippen molar-refractivity contribution in [3.8, 4) is 0 Å². The van der Waals surface area contributed by atoms with Gasteiger partial charge in [0, 0.05) is 23.0 Å². The Morgan fingerprint density at radius 1 is 1.04 bits per heavy atom. The summed E-state index contributed by atoms with van der Waals surface area (Å²) in [7, 11) is 0. The summed E-state index contributed by atoms with van der Waals surface area (Å²) in [4.78, 5) is 23.9. The molecule has 130 valence electrons. The number of amides is 2. The van der Waals surface area contributed by atoms with Crippen LogP contribution in [-0.4, -0.2) is 18.4 Å². The Morgan fingerprint density at radius 3 is 2.40 bits per heavy atom. The second-order valence-electron chi connectivity index (χ2n) is 6.15. The molecular weight excluding hydrogens is 321 g/mol. The minimum Gasteiger partial charge on any atom is -0.376 e. The summed E-state index contributed by atoms with van der Waals surface area (Å²) in [6.07, 6.45) is 1.90. The van der Waals surface area contributed by atoms with Crippen molar-refractivity contribution in [3.63, 3.8) is 0 Å². The van der Waals surface area contributed by atoms with E-state index in [2.05, 4.69) is 16.0 Å². The van der Waals surface area contributed by atoms with E-state index in [-0.39, 0.29) is 30.1 Å². The first-order valence-electron chi connectivity index (χ1n) is 8.22. The molecule has 3 N–H and O–H groups in total. The van der Waals surface area contributed by atoms with Gasteiger partial charge in [0.15, 0.2) is 0 Å². The van der Waals surface area contributed by atoms with Gasteiger partial charge in [0.2, 0.25) is 11.8 Å². The summed E-state index contributed by atoms with van der Waals surface area (Å²) in [5, 5.41) is 8.69. The number of halogens is 1. The molecule has 2 aromatic rings. The summed E-state index contributed by atoms with van der Waals surface area (Å²) in [5.74, 6) is -0.401. The van der Waals surface area contributed by atoms with Gasteiger partial charge in [-0.25, -0.2) is 4.39 Å². The number of hydrogen-bond donors (Lipinski definition) is 3. The second kappa shape index (κ2) is 7.34. The number of hydrogen-bond acceptors (Lipinski definition) is 3. The largest absolute Gasteiger partial charge is 0.376 e. The molecule has 2 amide bonds. The van der Waals surface area contributed by atoms with Crippen LogP contribution in [-0.2, 0) is 9.59 Å². The van der Waals surface area contributed by atoms with E-state index in [0.29, 0.717) is 5.69 Å². The van der Waals surface area contributed by atoms with E-state index in [4.69, 9.17) is 0 Å². The van der Waals surface area contributed by atoms with Crippen molar-refractivity contribution < 1.29 is 14.0 Å². The molecule has 3 rings (SSSR count). The van der Waals surface area contributed by atoms with Crippen molar-refractivity contribution in [3.05, 3.63) is 53.8 Å². The number of carbonyl (C=O) groups excluding carboxylic acids is 2. The number of anilines is 3. The fraction of sp³-hybridized carbons (Fsp3) is 0.263. The molecular formula is C19H20FN3O2. The van der Waals surface area contributed by atoms with E-state index >= 15 is 0 Å². The Morgan fingerprint density at radius 2 is 1.72 bits per heavy atom. The van der Waals surface area contributed by atoms with Gasteiger partial charge < -0.3 is 16.0 Å². The van der Waals surface area contributed by atoms with Crippen molar-refractivity contribution in [1.82, 2.24) is 0 Å². The van der Waals surface area contributed by atoms with E-state index < -0.39 is 0 Å². The van der Waals surface area contributed by atoms with Crippen LogP contribution in [0, 0.1) is 18.7 Å². The van der Waals surface area contributed by atoms with E-state index in [1.807, 2.05) is 25.1 Å². The lowest BCUT2D eigenvalue weighted by Gasteiger charge is -2.14. The first kappa shape index (κ1) is 17.0. The lowest BCUT2D eigenvalue weighted by Crippen LogP contribution is -2.22. The molecule has 5 nitrogen and oxygen atoms in total. The summed E-state index contributed by atoms with van der Waals surface area (Å²) in [6, 6.07) is 11.1. The highest BCUT2D eigenvalue weighted by molar-refractivity contribution is 5.96. The first-order valence-corrected chi connectivity index (χ1v) is 8.22. The maximum Gasteiger partial charge on any atom is 0.243 e. The molecule has 1 saturated carbocycles. The van der Waals surface area contributed by atoms with Crippen LogP contribution in [0.5, 0.6) is 0 Å². The highest BCUT2D eigenvalue weighted by Crippen LogP contribution is 2.31. The molecule has 0 heterocycles. The zero-order valence-electron chi connectivity index (χ0n) is 13.9. The fourth-order valence-electron chi connectivity index (χ4n) is 2.46. The van der Waals surface area contributed by atoms with Crippen molar-refractivity contribution >= 4 is 28.9 Å². The van der Waals surface area contributed by atoms with Gasteiger partial charge in [0.25, 0.3) is 0 Å². The molecule has 6 heteroatoms. The van der Waals surface area contributed by atoms with Crippen molar-refractivity contribution in [2.45, 2.75) is 19.8 Å². The maximum absolute atomic E-state index is 12.9. The van der Waals surface area contributed by atoms with Crippen LogP contribution in [0.4, 0.5) is 21.5 Å². The minimum absolute atomic E-state index is 0.0503. The van der Waals surface area contributed by atoms with E-state index in [1.54, 1.807) is 0 Å². The Balaban J connectivity index is 1.57. The zero-order valence-corrected chi connectivity index (χ0v) is 13.9. The van der Waals surface area contributed by atoms with Crippen molar-refractivity contribution in [1.29, 1.82) is 0 Å². The smallest absolute Gasteiger partial charge is 0.243 e. The van der Waals surface area contributed by atoms with Gasteiger partial charge in [-0.05, 0) is 61.7 Å². The average molecular weight is 341 g/mol. The molecule has 1 aliphatic carbocycles. The van der Waals surface area contributed by atoms with Crippen molar-refractivity contribution in [2.24, 2.45) is 5.92 Å². The second-order valence-corrected chi connectivity index (χ2v) is 6.15. The molecule has 0 spiro atoms. The predicted octanol–water partition coefficient (Wildman–Crippen LogP) is 3.53. The van der Waals surface area contributed by atoms with Gasteiger partial charge in [-0.2, -0.15) is 0 Å². The topological polar surface area (TPSA) is 70.2 Å². The molecule has 0 unspecified atom stereocenters. The van der Waals surface area contributed by atoms with Crippen molar-refractivity contribution in [2.75, 3.05) is 22.5 Å². The normalized spacial score (nSPS) is 13.2. The van der Waals surface area contributed by atoms with Gasteiger partial charge in [0.1, 0.15) is 5.82 Å². The van der Waals surface area contributed by atoms with Crippen LogP contribution in [0.1, 0.15) is 18.4 Å². The number of nitrogens with one attached hydrogen (secondary N) is 3. The average Bonchev–Trinajstić information content (AvgIpc) is 3.43. The van der Waals surface area contributed by atoms with Gasteiger partial charge >= 0.3 is 0 Å². The van der Waals surface area contributed by atoms with Gasteiger partial charge in [-0.3, -0.25) is 9.59 Å². The monoisotopic (exact) mass is 341 g/mol. The molecule has 0 radical (unpaired) electrons. The third kappa shape index (κ3) is 4.56. The van der Waals surface area contributed by atoms with Crippen LogP contribution < -0.4 is 16.0 Å². The summed E-state index contributed by atoms with van der Waals surface area (Å²) < 4.78 is 12.9. The van der Waals surface area contributed by atoms with E-state index in [9.17, 15) is 14.0 Å². The first-order chi connectivity index (χ1) is 12.0. The molecule has 1 fully saturated rings. The number of carbonyl (C=O) groups is 2.